The topological polar surface area (TPSA) is 42.1 Å². The molecule has 1 aromatic rings. The number of pyridine rings is 1. The SMILES string of the molecule is CC(C)(C)C1CCCN(Cc2cccc(N)n2)CC1. The molecule has 2 rings (SSSR count). The third-order valence-electron chi connectivity index (χ3n) is 4.26. The highest BCUT2D eigenvalue weighted by Gasteiger charge is 2.27. The molecule has 1 fully saturated rings. The van der Waals surface area contributed by atoms with E-state index in [0.29, 0.717) is 11.2 Å². The Balaban J connectivity index is 1.93. The molecule has 1 unspecified atom stereocenters. The van der Waals surface area contributed by atoms with Crippen molar-refractivity contribution in [3.8, 4) is 0 Å². The first-order valence-corrected chi connectivity index (χ1v) is 7.39. The van der Waals surface area contributed by atoms with Gasteiger partial charge in [0.05, 0.1) is 5.69 Å². The molecule has 0 saturated carbocycles. The lowest BCUT2D eigenvalue weighted by Gasteiger charge is -2.29. The van der Waals surface area contributed by atoms with Crippen molar-refractivity contribution < 1.29 is 0 Å². The molecule has 1 aliphatic heterocycles. The summed E-state index contributed by atoms with van der Waals surface area (Å²) in [4.78, 5) is 6.92. The summed E-state index contributed by atoms with van der Waals surface area (Å²) >= 11 is 0. The predicted octanol–water partition coefficient (Wildman–Crippen LogP) is 3.31. The average molecular weight is 261 g/mol. The van der Waals surface area contributed by atoms with Crippen LogP contribution in [0.1, 0.15) is 45.7 Å². The molecule has 19 heavy (non-hydrogen) atoms. The monoisotopic (exact) mass is 261 g/mol. The highest BCUT2D eigenvalue weighted by atomic mass is 15.1. The summed E-state index contributed by atoms with van der Waals surface area (Å²) in [6, 6.07) is 5.91. The Hall–Kier alpha value is -1.09. The summed E-state index contributed by atoms with van der Waals surface area (Å²) < 4.78 is 0. The fraction of sp³-hybridized carbons (Fsp3) is 0.688. The Morgan fingerprint density at radius 1 is 1.26 bits per heavy atom. The molecular weight excluding hydrogens is 234 g/mol. The van der Waals surface area contributed by atoms with E-state index in [1.165, 1.54) is 32.4 Å². The highest BCUT2D eigenvalue weighted by Crippen LogP contribution is 2.34. The van der Waals surface area contributed by atoms with Gasteiger partial charge in [-0.1, -0.05) is 26.8 Å². The smallest absolute Gasteiger partial charge is 0.123 e. The van der Waals surface area contributed by atoms with Crippen molar-refractivity contribution >= 4 is 5.82 Å². The normalized spacial score (nSPS) is 22.2. The van der Waals surface area contributed by atoms with Crippen LogP contribution in [0.15, 0.2) is 18.2 Å². The van der Waals surface area contributed by atoms with E-state index in [2.05, 4.69) is 36.7 Å². The van der Waals surface area contributed by atoms with Gasteiger partial charge in [-0.2, -0.15) is 0 Å². The van der Waals surface area contributed by atoms with Crippen LogP contribution in [-0.4, -0.2) is 23.0 Å². The molecule has 3 heteroatoms. The van der Waals surface area contributed by atoms with Crippen LogP contribution in [-0.2, 0) is 6.54 Å². The fourth-order valence-corrected chi connectivity index (χ4v) is 3.00. The standard InChI is InChI=1S/C16H27N3/c1-16(2,3)13-6-5-10-19(11-9-13)12-14-7-4-8-15(17)18-14/h4,7-8,13H,5-6,9-12H2,1-3H3,(H2,17,18). The summed E-state index contributed by atoms with van der Waals surface area (Å²) in [7, 11) is 0. The van der Waals surface area contributed by atoms with Crippen LogP contribution in [0.2, 0.25) is 0 Å². The zero-order chi connectivity index (χ0) is 13.9. The quantitative estimate of drug-likeness (QED) is 0.888. The number of nitrogens with two attached hydrogens (primary N) is 1. The van der Waals surface area contributed by atoms with Crippen LogP contribution in [0, 0.1) is 11.3 Å². The molecule has 1 aromatic heterocycles. The van der Waals surface area contributed by atoms with Gasteiger partial charge in [-0.15, -0.1) is 0 Å². The zero-order valence-electron chi connectivity index (χ0n) is 12.5. The van der Waals surface area contributed by atoms with E-state index in [1.54, 1.807) is 0 Å². The number of hydrogen-bond donors (Lipinski definition) is 1. The minimum atomic E-state index is 0.436. The molecular formula is C16H27N3. The van der Waals surface area contributed by atoms with E-state index in [4.69, 9.17) is 5.73 Å². The molecule has 3 nitrogen and oxygen atoms in total. The van der Waals surface area contributed by atoms with Crippen LogP contribution < -0.4 is 5.73 Å². The van der Waals surface area contributed by atoms with E-state index in [1.807, 2.05) is 12.1 Å². The van der Waals surface area contributed by atoms with Gasteiger partial charge >= 0.3 is 0 Å². The van der Waals surface area contributed by atoms with Gasteiger partial charge in [0.25, 0.3) is 0 Å². The van der Waals surface area contributed by atoms with Crippen molar-refractivity contribution in [1.29, 1.82) is 0 Å². The molecule has 0 spiro atoms. The van der Waals surface area contributed by atoms with Crippen molar-refractivity contribution in [1.82, 2.24) is 9.88 Å². The molecule has 0 amide bonds. The maximum absolute atomic E-state index is 5.74. The third kappa shape index (κ3) is 4.20. The summed E-state index contributed by atoms with van der Waals surface area (Å²) in [5, 5.41) is 0. The molecule has 2 N–H and O–H groups in total. The van der Waals surface area contributed by atoms with Crippen molar-refractivity contribution in [3.05, 3.63) is 23.9 Å². The number of aromatic nitrogens is 1. The van der Waals surface area contributed by atoms with Crippen LogP contribution >= 0.6 is 0 Å². The maximum Gasteiger partial charge on any atom is 0.123 e. The molecule has 0 bridgehead atoms. The van der Waals surface area contributed by atoms with E-state index in [9.17, 15) is 0 Å². The van der Waals surface area contributed by atoms with E-state index >= 15 is 0 Å². The number of likely N-dealkylation sites (tertiary alicyclic amines) is 1. The molecule has 1 atom stereocenters. The number of anilines is 1. The second kappa shape index (κ2) is 5.91. The van der Waals surface area contributed by atoms with Gasteiger partial charge in [0.15, 0.2) is 0 Å². The maximum atomic E-state index is 5.74. The van der Waals surface area contributed by atoms with Crippen LogP contribution in [0.4, 0.5) is 5.82 Å². The number of nitrogens with zero attached hydrogens (tertiary/aromatic N) is 2. The molecule has 0 aliphatic carbocycles. The second-order valence-electron chi connectivity index (χ2n) is 6.82. The lowest BCUT2D eigenvalue weighted by Crippen LogP contribution is -2.26. The fourth-order valence-electron chi connectivity index (χ4n) is 3.00. The van der Waals surface area contributed by atoms with Crippen LogP contribution in [0.5, 0.6) is 0 Å². The molecule has 1 aliphatic rings. The molecule has 0 radical (unpaired) electrons. The van der Waals surface area contributed by atoms with Crippen molar-refractivity contribution in [3.63, 3.8) is 0 Å². The lowest BCUT2D eigenvalue weighted by atomic mass is 9.77. The zero-order valence-corrected chi connectivity index (χ0v) is 12.5. The summed E-state index contributed by atoms with van der Waals surface area (Å²) in [5.41, 5.74) is 7.27. The minimum absolute atomic E-state index is 0.436. The van der Waals surface area contributed by atoms with Crippen LogP contribution in [0.25, 0.3) is 0 Å². The van der Waals surface area contributed by atoms with Crippen molar-refractivity contribution in [2.75, 3.05) is 18.8 Å². The molecule has 2 heterocycles. The first-order chi connectivity index (χ1) is 8.95. The number of nitrogen functional groups attached to an aromatic ring is 1. The molecule has 106 valence electrons. The molecule has 0 aromatic carbocycles. The minimum Gasteiger partial charge on any atom is -0.384 e. The van der Waals surface area contributed by atoms with Crippen molar-refractivity contribution in [2.45, 2.75) is 46.6 Å². The largest absolute Gasteiger partial charge is 0.384 e. The first kappa shape index (κ1) is 14.3. The van der Waals surface area contributed by atoms with Gasteiger partial charge in [0, 0.05) is 6.54 Å². The average Bonchev–Trinajstić information content (AvgIpc) is 2.54. The van der Waals surface area contributed by atoms with Gasteiger partial charge < -0.3 is 5.73 Å². The second-order valence-corrected chi connectivity index (χ2v) is 6.82. The predicted molar refractivity (Wildman–Crippen MR) is 80.7 cm³/mol. The Kier molecular flexibility index (Phi) is 4.46. The van der Waals surface area contributed by atoms with Gasteiger partial charge in [-0.05, 0) is 55.8 Å². The number of rotatable bonds is 2. The van der Waals surface area contributed by atoms with E-state index in [-0.39, 0.29) is 0 Å². The Morgan fingerprint density at radius 3 is 2.74 bits per heavy atom. The number of hydrogen-bond acceptors (Lipinski definition) is 3. The summed E-state index contributed by atoms with van der Waals surface area (Å²) in [6.07, 6.45) is 3.94. The van der Waals surface area contributed by atoms with Crippen molar-refractivity contribution in [2.24, 2.45) is 11.3 Å². The van der Waals surface area contributed by atoms with Gasteiger partial charge in [-0.25, -0.2) is 4.98 Å². The van der Waals surface area contributed by atoms with Gasteiger partial charge in [-0.3, -0.25) is 4.90 Å². The van der Waals surface area contributed by atoms with Gasteiger partial charge in [0.2, 0.25) is 0 Å². The van der Waals surface area contributed by atoms with Gasteiger partial charge in [0.1, 0.15) is 5.82 Å². The van der Waals surface area contributed by atoms with Crippen LogP contribution in [0.3, 0.4) is 0 Å². The Labute approximate surface area is 117 Å². The Morgan fingerprint density at radius 2 is 2.05 bits per heavy atom. The third-order valence-corrected chi connectivity index (χ3v) is 4.26. The summed E-state index contributed by atoms with van der Waals surface area (Å²) in [6.45, 7) is 10.4. The summed E-state index contributed by atoms with van der Waals surface area (Å²) in [5.74, 6) is 1.46. The highest BCUT2D eigenvalue weighted by molar-refractivity contribution is 5.28. The van der Waals surface area contributed by atoms with E-state index in [0.717, 1.165) is 18.2 Å². The molecule has 1 saturated heterocycles. The van der Waals surface area contributed by atoms with E-state index < -0.39 is 0 Å². The Bertz CT molecular complexity index is 409. The lowest BCUT2D eigenvalue weighted by molar-refractivity contribution is 0.206. The first-order valence-electron chi connectivity index (χ1n) is 7.39.